The van der Waals surface area contributed by atoms with Crippen LogP contribution >= 0.6 is 0 Å². The van der Waals surface area contributed by atoms with E-state index < -0.39 is 17.7 Å². The number of methoxy groups -OCH3 is 2. The second-order valence-electron chi connectivity index (χ2n) is 6.85. The van der Waals surface area contributed by atoms with E-state index >= 15 is 0 Å². The molecule has 0 saturated carbocycles. The van der Waals surface area contributed by atoms with Crippen molar-refractivity contribution in [2.24, 2.45) is 0 Å². The number of carbonyl (C=O) groups is 2. The van der Waals surface area contributed by atoms with Crippen LogP contribution in [0, 0.1) is 5.82 Å². The zero-order valence-electron chi connectivity index (χ0n) is 18.2. The summed E-state index contributed by atoms with van der Waals surface area (Å²) in [6.45, 7) is 2.08. The number of anilines is 1. The maximum Gasteiger partial charge on any atom is 0.339 e. The molecule has 0 bridgehead atoms. The Balaban J connectivity index is 1.85. The highest BCUT2D eigenvalue weighted by Crippen LogP contribution is 2.25. The van der Waals surface area contributed by atoms with Crippen LogP contribution in [-0.4, -0.2) is 48.8 Å². The molecule has 0 aliphatic rings. The van der Waals surface area contributed by atoms with Gasteiger partial charge < -0.3 is 24.3 Å². The molecule has 1 atom stereocenters. The molecular formula is C23H22FN3O6. The number of amides is 1. The zero-order chi connectivity index (χ0) is 23.8. The number of hydrogen-bond donors (Lipinski definition) is 1. The van der Waals surface area contributed by atoms with Crippen LogP contribution in [0.5, 0.6) is 17.5 Å². The van der Waals surface area contributed by atoms with Gasteiger partial charge in [0.1, 0.15) is 23.5 Å². The Labute approximate surface area is 189 Å². The van der Waals surface area contributed by atoms with E-state index in [1.54, 1.807) is 13.0 Å². The molecule has 0 radical (unpaired) electrons. The van der Waals surface area contributed by atoms with E-state index in [0.717, 1.165) is 0 Å². The van der Waals surface area contributed by atoms with Crippen molar-refractivity contribution >= 4 is 17.7 Å². The van der Waals surface area contributed by atoms with Gasteiger partial charge in [-0.05, 0) is 31.2 Å². The lowest BCUT2D eigenvalue weighted by Crippen LogP contribution is -2.19. The monoisotopic (exact) mass is 455 g/mol. The molecule has 2 heterocycles. The Morgan fingerprint density at radius 3 is 2.52 bits per heavy atom. The predicted octanol–water partition coefficient (Wildman–Crippen LogP) is 3.86. The van der Waals surface area contributed by atoms with E-state index in [0.29, 0.717) is 6.61 Å². The second kappa shape index (κ2) is 11.0. The molecule has 1 N–H and O–H groups in total. The van der Waals surface area contributed by atoms with E-state index in [2.05, 4.69) is 20.0 Å². The highest BCUT2D eigenvalue weighted by molar-refractivity contribution is 6.04. The van der Waals surface area contributed by atoms with Crippen LogP contribution in [0.15, 0.2) is 54.7 Å². The summed E-state index contributed by atoms with van der Waals surface area (Å²) in [7, 11) is 2.80. The Morgan fingerprint density at radius 2 is 1.85 bits per heavy atom. The first-order chi connectivity index (χ1) is 15.9. The second-order valence-corrected chi connectivity index (χ2v) is 6.85. The molecule has 9 nitrogen and oxygen atoms in total. The number of esters is 1. The van der Waals surface area contributed by atoms with Crippen LogP contribution in [0.1, 0.15) is 27.6 Å². The number of carbonyl (C=O) groups excluding carboxylic acids is 2. The number of aromatic nitrogens is 2. The highest BCUT2D eigenvalue weighted by Gasteiger charge is 2.16. The summed E-state index contributed by atoms with van der Waals surface area (Å²) in [6, 6.07) is 11.3. The molecule has 172 valence electrons. The molecule has 33 heavy (non-hydrogen) atoms. The fourth-order valence-electron chi connectivity index (χ4n) is 2.75. The topological polar surface area (TPSA) is 109 Å². The molecule has 3 aromatic rings. The molecule has 0 unspecified atom stereocenters. The van der Waals surface area contributed by atoms with Crippen LogP contribution in [-0.2, 0) is 9.47 Å². The Bertz CT molecular complexity index is 1120. The first kappa shape index (κ1) is 23.6. The van der Waals surface area contributed by atoms with E-state index in [1.807, 2.05) is 0 Å². The van der Waals surface area contributed by atoms with Crippen molar-refractivity contribution in [3.63, 3.8) is 0 Å². The number of hydrogen-bond acceptors (Lipinski definition) is 8. The number of benzene rings is 1. The average Bonchev–Trinajstić information content (AvgIpc) is 2.79. The van der Waals surface area contributed by atoms with Crippen LogP contribution in [0.2, 0.25) is 0 Å². The van der Waals surface area contributed by atoms with E-state index in [9.17, 15) is 14.0 Å². The number of halogens is 1. The summed E-state index contributed by atoms with van der Waals surface area (Å²) < 4.78 is 34.5. The van der Waals surface area contributed by atoms with Gasteiger partial charge in [-0.1, -0.05) is 6.07 Å². The molecule has 10 heteroatoms. The van der Waals surface area contributed by atoms with Crippen LogP contribution in [0.25, 0.3) is 0 Å². The quantitative estimate of drug-likeness (QED) is 0.485. The summed E-state index contributed by atoms with van der Waals surface area (Å²) in [4.78, 5) is 32.7. The van der Waals surface area contributed by atoms with Gasteiger partial charge >= 0.3 is 5.97 Å². The first-order valence-electron chi connectivity index (χ1n) is 9.84. The standard InChI is InChI=1S/C23H22FN3O6/c1-14(13-30-2)32-20-9-16(10-21(27-20)33-18-6-4-5-17(24)11-18)22(28)26-19-8-7-15(12-25-19)23(29)31-3/h4-12,14H,13H2,1-3H3,(H,25,26,28)/t14-/m1/s1. The van der Waals surface area contributed by atoms with Crippen molar-refractivity contribution < 1.29 is 32.9 Å². The van der Waals surface area contributed by atoms with Gasteiger partial charge in [-0.2, -0.15) is 4.98 Å². The number of ether oxygens (including phenoxy) is 4. The van der Waals surface area contributed by atoms with Crippen molar-refractivity contribution in [1.29, 1.82) is 0 Å². The van der Waals surface area contributed by atoms with E-state index in [4.69, 9.17) is 14.2 Å². The molecule has 0 aliphatic heterocycles. The summed E-state index contributed by atoms with van der Waals surface area (Å²) in [5.74, 6) is -0.976. The Hall–Kier alpha value is -4.05. The molecule has 1 aromatic carbocycles. The van der Waals surface area contributed by atoms with E-state index in [-0.39, 0.29) is 40.6 Å². The number of nitrogens with one attached hydrogen (secondary N) is 1. The van der Waals surface area contributed by atoms with Gasteiger partial charge in [-0.3, -0.25) is 4.79 Å². The lowest BCUT2D eigenvalue weighted by Gasteiger charge is -2.15. The van der Waals surface area contributed by atoms with Gasteiger partial charge in [0.2, 0.25) is 11.8 Å². The highest BCUT2D eigenvalue weighted by atomic mass is 19.1. The minimum atomic E-state index is -0.541. The molecule has 3 rings (SSSR count). The molecule has 0 fully saturated rings. The van der Waals surface area contributed by atoms with Gasteiger partial charge in [0.15, 0.2) is 0 Å². The SMILES string of the molecule is COC[C@@H](C)Oc1cc(C(=O)Nc2ccc(C(=O)OC)cn2)cc(Oc2cccc(F)c2)n1. The lowest BCUT2D eigenvalue weighted by atomic mass is 10.2. The lowest BCUT2D eigenvalue weighted by molar-refractivity contribution is 0.0600. The summed E-state index contributed by atoms with van der Waals surface area (Å²) in [5, 5.41) is 2.62. The molecule has 1 amide bonds. The van der Waals surface area contributed by atoms with Crippen molar-refractivity contribution in [2.45, 2.75) is 13.0 Å². The van der Waals surface area contributed by atoms with Crippen LogP contribution in [0.3, 0.4) is 0 Å². The largest absolute Gasteiger partial charge is 0.472 e. The minimum Gasteiger partial charge on any atom is -0.472 e. The maximum absolute atomic E-state index is 13.5. The van der Waals surface area contributed by atoms with Gasteiger partial charge in [-0.15, -0.1) is 0 Å². The third-order valence-corrected chi connectivity index (χ3v) is 4.21. The Kier molecular flexibility index (Phi) is 7.87. The Morgan fingerprint density at radius 1 is 1.06 bits per heavy atom. The number of pyridine rings is 2. The molecular weight excluding hydrogens is 433 g/mol. The van der Waals surface area contributed by atoms with Crippen molar-refractivity contribution in [2.75, 3.05) is 26.1 Å². The van der Waals surface area contributed by atoms with Gasteiger partial charge in [0.25, 0.3) is 5.91 Å². The van der Waals surface area contributed by atoms with Crippen LogP contribution < -0.4 is 14.8 Å². The van der Waals surface area contributed by atoms with E-state index in [1.165, 1.54) is 62.9 Å². The maximum atomic E-state index is 13.5. The van der Waals surface area contributed by atoms with Gasteiger partial charge in [0, 0.05) is 31.5 Å². The minimum absolute atomic E-state index is 0.0295. The molecule has 0 aliphatic carbocycles. The summed E-state index contributed by atoms with van der Waals surface area (Å²) in [5.41, 5.74) is 0.405. The third-order valence-electron chi connectivity index (χ3n) is 4.21. The number of rotatable bonds is 9. The predicted molar refractivity (Wildman–Crippen MR) is 116 cm³/mol. The smallest absolute Gasteiger partial charge is 0.339 e. The number of nitrogens with zero attached hydrogens (tertiary/aromatic N) is 2. The molecule has 0 spiro atoms. The average molecular weight is 455 g/mol. The third kappa shape index (κ3) is 6.71. The van der Waals surface area contributed by atoms with Gasteiger partial charge in [-0.25, -0.2) is 14.2 Å². The summed E-state index contributed by atoms with van der Waals surface area (Å²) in [6.07, 6.45) is 0.934. The van der Waals surface area contributed by atoms with Crippen molar-refractivity contribution in [1.82, 2.24) is 9.97 Å². The van der Waals surface area contributed by atoms with Crippen LogP contribution in [0.4, 0.5) is 10.2 Å². The fraction of sp³-hybridized carbons (Fsp3) is 0.217. The fourth-order valence-corrected chi connectivity index (χ4v) is 2.75. The first-order valence-corrected chi connectivity index (χ1v) is 9.84. The van der Waals surface area contributed by atoms with Crippen molar-refractivity contribution in [3.05, 3.63) is 71.7 Å². The summed E-state index contributed by atoms with van der Waals surface area (Å²) >= 11 is 0. The molecule has 2 aromatic heterocycles. The zero-order valence-corrected chi connectivity index (χ0v) is 18.2. The van der Waals surface area contributed by atoms with Crippen molar-refractivity contribution in [3.8, 4) is 17.5 Å². The normalized spacial score (nSPS) is 11.4. The molecule has 0 saturated heterocycles. The van der Waals surface area contributed by atoms with Gasteiger partial charge in [0.05, 0.1) is 24.8 Å².